The molecule has 2 aromatic rings. The molecular weight excluding hydrogens is 276 g/mol. The van der Waals surface area contributed by atoms with Gasteiger partial charge < -0.3 is 4.42 Å². The Morgan fingerprint density at radius 3 is 3.09 bits per heavy atom. The molecule has 0 radical (unpaired) electrons. The first-order chi connectivity index (χ1) is 5.29. The first-order valence-corrected chi connectivity index (χ1v) is 4.43. The molecule has 11 heavy (non-hydrogen) atoms. The highest BCUT2D eigenvalue weighted by molar-refractivity contribution is 14.1. The van der Waals surface area contributed by atoms with Crippen LogP contribution in [0.4, 0.5) is 0 Å². The summed E-state index contributed by atoms with van der Waals surface area (Å²) in [5.41, 5.74) is 1.47. The molecule has 2 heterocycles. The van der Waals surface area contributed by atoms with Gasteiger partial charge in [-0.2, -0.15) is 0 Å². The van der Waals surface area contributed by atoms with E-state index >= 15 is 0 Å². The standard InChI is InChI=1S/C7H3ClINO/c8-5-6-4(11-7(5)9)2-1-3-10-6/h1-3H. The van der Waals surface area contributed by atoms with E-state index < -0.39 is 0 Å². The number of hydrogen-bond acceptors (Lipinski definition) is 2. The van der Waals surface area contributed by atoms with Crippen molar-refractivity contribution >= 4 is 45.3 Å². The van der Waals surface area contributed by atoms with Crippen molar-refractivity contribution < 1.29 is 4.42 Å². The van der Waals surface area contributed by atoms with Gasteiger partial charge in [0, 0.05) is 28.8 Å². The predicted molar refractivity (Wildman–Crippen MR) is 51.7 cm³/mol. The van der Waals surface area contributed by atoms with E-state index in [9.17, 15) is 0 Å². The van der Waals surface area contributed by atoms with Gasteiger partial charge in [-0.05, 0) is 12.1 Å². The van der Waals surface area contributed by atoms with Gasteiger partial charge in [0.25, 0.3) is 0 Å². The summed E-state index contributed by atoms with van der Waals surface area (Å²) in [6, 6.07) is 3.66. The van der Waals surface area contributed by atoms with Gasteiger partial charge in [-0.1, -0.05) is 11.6 Å². The highest BCUT2D eigenvalue weighted by atomic mass is 127. The topological polar surface area (TPSA) is 26.0 Å². The summed E-state index contributed by atoms with van der Waals surface area (Å²) in [7, 11) is 0. The van der Waals surface area contributed by atoms with E-state index in [2.05, 4.69) is 4.98 Å². The van der Waals surface area contributed by atoms with Crippen molar-refractivity contribution in [1.29, 1.82) is 0 Å². The molecule has 56 valence electrons. The van der Waals surface area contributed by atoms with Crippen molar-refractivity contribution in [3.63, 3.8) is 0 Å². The monoisotopic (exact) mass is 279 g/mol. The third kappa shape index (κ3) is 1.12. The molecule has 2 nitrogen and oxygen atoms in total. The smallest absolute Gasteiger partial charge is 0.185 e. The van der Waals surface area contributed by atoms with E-state index in [1.165, 1.54) is 0 Å². The normalized spacial score (nSPS) is 10.7. The minimum absolute atomic E-state index is 0.598. The Labute approximate surface area is 81.7 Å². The molecule has 0 aliphatic heterocycles. The van der Waals surface area contributed by atoms with Crippen molar-refractivity contribution in [3.8, 4) is 0 Å². The maximum absolute atomic E-state index is 5.88. The lowest BCUT2D eigenvalue weighted by atomic mass is 10.4. The Balaban J connectivity index is 2.92. The predicted octanol–water partition coefficient (Wildman–Crippen LogP) is 3.09. The third-order valence-electron chi connectivity index (χ3n) is 1.35. The summed E-state index contributed by atoms with van der Waals surface area (Å²) in [4.78, 5) is 4.07. The molecule has 0 bridgehead atoms. The van der Waals surface area contributed by atoms with Crippen LogP contribution in [0.5, 0.6) is 0 Å². The van der Waals surface area contributed by atoms with Crippen LogP contribution in [0.25, 0.3) is 11.1 Å². The molecule has 0 fully saturated rings. The number of pyridine rings is 1. The van der Waals surface area contributed by atoms with Crippen LogP contribution in [0.1, 0.15) is 0 Å². The van der Waals surface area contributed by atoms with Gasteiger partial charge in [0.2, 0.25) is 0 Å². The summed E-state index contributed by atoms with van der Waals surface area (Å²) in [6.07, 6.45) is 1.69. The van der Waals surface area contributed by atoms with E-state index in [0.29, 0.717) is 8.79 Å². The highest BCUT2D eigenvalue weighted by Gasteiger charge is 2.08. The Kier molecular flexibility index (Phi) is 1.77. The van der Waals surface area contributed by atoms with E-state index in [-0.39, 0.29) is 0 Å². The quantitative estimate of drug-likeness (QED) is 0.693. The second-order valence-electron chi connectivity index (χ2n) is 2.04. The average molecular weight is 279 g/mol. The lowest BCUT2D eigenvalue weighted by Gasteiger charge is -1.82. The fourth-order valence-corrected chi connectivity index (χ4v) is 1.55. The Morgan fingerprint density at radius 1 is 1.55 bits per heavy atom. The van der Waals surface area contributed by atoms with Gasteiger partial charge in [0.15, 0.2) is 9.35 Å². The van der Waals surface area contributed by atoms with Gasteiger partial charge in [-0.3, -0.25) is 4.98 Å². The number of halogens is 2. The number of nitrogens with zero attached hydrogens (tertiary/aromatic N) is 1. The average Bonchev–Trinajstić information content (AvgIpc) is 2.30. The summed E-state index contributed by atoms with van der Waals surface area (Å²) >= 11 is 7.92. The summed E-state index contributed by atoms with van der Waals surface area (Å²) < 4.78 is 5.98. The van der Waals surface area contributed by atoms with Crippen molar-refractivity contribution in [2.24, 2.45) is 0 Å². The fraction of sp³-hybridized carbons (Fsp3) is 0. The summed E-state index contributed by atoms with van der Waals surface area (Å²) in [6.45, 7) is 0. The molecule has 0 saturated heterocycles. The molecular formula is C7H3ClINO. The largest absolute Gasteiger partial charge is 0.447 e. The van der Waals surface area contributed by atoms with E-state index in [1.54, 1.807) is 6.20 Å². The van der Waals surface area contributed by atoms with Crippen LogP contribution >= 0.6 is 34.2 Å². The van der Waals surface area contributed by atoms with Crippen molar-refractivity contribution in [3.05, 3.63) is 27.1 Å². The molecule has 0 aliphatic carbocycles. The third-order valence-corrected chi connectivity index (χ3v) is 2.78. The highest BCUT2D eigenvalue weighted by Crippen LogP contribution is 2.29. The molecule has 0 unspecified atom stereocenters. The number of fused-ring (bicyclic) bond motifs is 1. The molecule has 0 N–H and O–H groups in total. The number of aromatic nitrogens is 1. The van der Waals surface area contributed by atoms with E-state index in [4.69, 9.17) is 16.0 Å². The molecule has 0 aliphatic rings. The van der Waals surface area contributed by atoms with E-state index in [0.717, 1.165) is 11.1 Å². The number of furan rings is 1. The number of hydrogen-bond donors (Lipinski definition) is 0. The van der Waals surface area contributed by atoms with E-state index in [1.807, 2.05) is 34.7 Å². The van der Waals surface area contributed by atoms with Crippen LogP contribution in [0.2, 0.25) is 5.02 Å². The van der Waals surface area contributed by atoms with Crippen molar-refractivity contribution in [2.45, 2.75) is 0 Å². The van der Waals surface area contributed by atoms with Crippen LogP contribution in [0.3, 0.4) is 0 Å². The van der Waals surface area contributed by atoms with Crippen LogP contribution in [-0.2, 0) is 0 Å². The Bertz CT molecular complexity index is 398. The minimum atomic E-state index is 0.598. The Hall–Kier alpha value is -0.290. The second kappa shape index (κ2) is 2.64. The fourth-order valence-electron chi connectivity index (χ4n) is 0.872. The number of rotatable bonds is 0. The zero-order chi connectivity index (χ0) is 7.84. The van der Waals surface area contributed by atoms with Crippen LogP contribution in [-0.4, -0.2) is 4.98 Å². The van der Waals surface area contributed by atoms with Crippen LogP contribution in [0, 0.1) is 3.77 Å². The van der Waals surface area contributed by atoms with Gasteiger partial charge in [-0.25, -0.2) is 0 Å². The van der Waals surface area contributed by atoms with Gasteiger partial charge in [0.05, 0.1) is 0 Å². The lowest BCUT2D eigenvalue weighted by Crippen LogP contribution is -1.69. The molecule has 0 saturated carbocycles. The maximum Gasteiger partial charge on any atom is 0.185 e. The molecule has 4 heteroatoms. The molecule has 0 amide bonds. The van der Waals surface area contributed by atoms with Gasteiger partial charge in [-0.15, -0.1) is 0 Å². The SMILES string of the molecule is Clc1c(I)oc2cccnc12. The van der Waals surface area contributed by atoms with Crippen molar-refractivity contribution in [2.75, 3.05) is 0 Å². The zero-order valence-corrected chi connectivity index (χ0v) is 8.26. The summed E-state index contributed by atoms with van der Waals surface area (Å²) in [5, 5.41) is 0.598. The lowest BCUT2D eigenvalue weighted by molar-refractivity contribution is 0.584. The minimum Gasteiger partial charge on any atom is -0.447 e. The molecule has 2 aromatic heterocycles. The summed E-state index contributed by atoms with van der Waals surface area (Å²) in [5.74, 6) is 0. The second-order valence-corrected chi connectivity index (χ2v) is 3.40. The molecule has 2 rings (SSSR count). The van der Waals surface area contributed by atoms with Gasteiger partial charge in [0.1, 0.15) is 10.5 Å². The zero-order valence-electron chi connectivity index (χ0n) is 5.34. The van der Waals surface area contributed by atoms with Crippen molar-refractivity contribution in [1.82, 2.24) is 4.98 Å². The molecule has 0 spiro atoms. The molecule has 0 aromatic carbocycles. The Morgan fingerprint density at radius 2 is 2.36 bits per heavy atom. The van der Waals surface area contributed by atoms with Crippen LogP contribution in [0.15, 0.2) is 22.7 Å². The maximum atomic E-state index is 5.88. The first kappa shape index (κ1) is 7.36. The first-order valence-electron chi connectivity index (χ1n) is 2.97. The van der Waals surface area contributed by atoms with Gasteiger partial charge >= 0.3 is 0 Å². The molecule has 0 atom stereocenters. The van der Waals surface area contributed by atoms with Crippen LogP contribution < -0.4 is 0 Å².